The van der Waals surface area contributed by atoms with Gasteiger partial charge in [-0.3, -0.25) is 0 Å². The average Bonchev–Trinajstić information content (AvgIpc) is 2.24. The lowest BCUT2D eigenvalue weighted by Crippen LogP contribution is -1.93. The standard InChI is InChI=1S/C15H26S/c1-5-6-7-8-9-14-10-12-15(13-11-14)16(2,3)4/h10-13H,5-9H2,1-4H3. The summed E-state index contributed by atoms with van der Waals surface area (Å²) < 4.78 is 0. The van der Waals surface area contributed by atoms with Crippen LogP contribution in [0.5, 0.6) is 0 Å². The summed E-state index contributed by atoms with van der Waals surface area (Å²) >= 11 is 0. The molecule has 0 unspecified atom stereocenters. The predicted molar refractivity (Wildman–Crippen MR) is 77.9 cm³/mol. The van der Waals surface area contributed by atoms with Gasteiger partial charge in [0, 0.05) is 0 Å². The molecule has 0 amide bonds. The molecular formula is C15H26S. The second-order valence-electron chi connectivity index (χ2n) is 5.29. The van der Waals surface area contributed by atoms with Crippen LogP contribution in [0.4, 0.5) is 0 Å². The van der Waals surface area contributed by atoms with Gasteiger partial charge < -0.3 is 0 Å². The Morgan fingerprint density at radius 3 is 2.00 bits per heavy atom. The van der Waals surface area contributed by atoms with E-state index in [-0.39, 0.29) is 0 Å². The van der Waals surface area contributed by atoms with E-state index in [1.165, 1.54) is 42.6 Å². The van der Waals surface area contributed by atoms with Crippen LogP contribution in [0.25, 0.3) is 0 Å². The highest BCUT2D eigenvalue weighted by Crippen LogP contribution is 2.44. The molecule has 0 fully saturated rings. The molecule has 1 aromatic rings. The fraction of sp³-hybridized carbons (Fsp3) is 0.600. The number of unbranched alkanes of at least 4 members (excludes halogenated alkanes) is 3. The summed E-state index contributed by atoms with van der Waals surface area (Å²) in [5.41, 5.74) is 1.50. The van der Waals surface area contributed by atoms with Crippen LogP contribution in [0.2, 0.25) is 0 Å². The zero-order valence-corrected chi connectivity index (χ0v) is 12.1. The molecule has 0 heterocycles. The third-order valence-electron chi connectivity index (χ3n) is 2.95. The minimum Gasteiger partial charge on any atom is -0.223 e. The van der Waals surface area contributed by atoms with Crippen molar-refractivity contribution < 1.29 is 0 Å². The zero-order chi connectivity index (χ0) is 12.0. The predicted octanol–water partition coefficient (Wildman–Crippen LogP) is 4.86. The molecule has 92 valence electrons. The van der Waals surface area contributed by atoms with Crippen molar-refractivity contribution in [2.75, 3.05) is 18.8 Å². The Morgan fingerprint density at radius 2 is 1.50 bits per heavy atom. The first-order chi connectivity index (χ1) is 7.54. The lowest BCUT2D eigenvalue weighted by atomic mass is 10.1. The zero-order valence-electron chi connectivity index (χ0n) is 11.3. The highest BCUT2D eigenvalue weighted by Gasteiger charge is 2.06. The summed E-state index contributed by atoms with van der Waals surface area (Å²) in [7, 11) is -0.549. The van der Waals surface area contributed by atoms with Gasteiger partial charge in [-0.05, 0) is 54.2 Å². The summed E-state index contributed by atoms with van der Waals surface area (Å²) in [6.07, 6.45) is 13.7. The van der Waals surface area contributed by atoms with Crippen molar-refractivity contribution in [2.24, 2.45) is 0 Å². The molecule has 0 atom stereocenters. The molecule has 0 radical (unpaired) electrons. The Morgan fingerprint density at radius 1 is 0.875 bits per heavy atom. The van der Waals surface area contributed by atoms with Crippen molar-refractivity contribution in [2.45, 2.75) is 43.9 Å². The van der Waals surface area contributed by atoms with Crippen molar-refractivity contribution in [3.63, 3.8) is 0 Å². The SMILES string of the molecule is CCCCCCc1ccc(S(C)(C)C)cc1. The summed E-state index contributed by atoms with van der Waals surface area (Å²) in [4.78, 5) is 1.52. The molecule has 0 aliphatic heterocycles. The van der Waals surface area contributed by atoms with Crippen LogP contribution < -0.4 is 0 Å². The molecule has 0 bridgehead atoms. The third-order valence-corrected chi connectivity index (χ3v) is 4.64. The Bertz CT molecular complexity index is 292. The maximum absolute atomic E-state index is 2.35. The minimum absolute atomic E-state index is 0.549. The maximum Gasteiger partial charge on any atom is -0.0106 e. The molecule has 1 heteroatoms. The van der Waals surface area contributed by atoms with E-state index in [1.807, 2.05) is 0 Å². The first kappa shape index (κ1) is 13.6. The van der Waals surface area contributed by atoms with Gasteiger partial charge in [-0.25, -0.2) is 10.0 Å². The smallest absolute Gasteiger partial charge is 0.0106 e. The average molecular weight is 238 g/mol. The van der Waals surface area contributed by atoms with Gasteiger partial charge in [0.2, 0.25) is 0 Å². The highest BCUT2D eigenvalue weighted by molar-refractivity contribution is 8.32. The fourth-order valence-electron chi connectivity index (χ4n) is 1.82. The van der Waals surface area contributed by atoms with Crippen LogP contribution in [-0.4, -0.2) is 18.8 Å². The van der Waals surface area contributed by atoms with Crippen LogP contribution in [0.1, 0.15) is 38.2 Å². The number of hydrogen-bond acceptors (Lipinski definition) is 0. The number of benzene rings is 1. The third kappa shape index (κ3) is 4.61. The molecule has 0 aliphatic carbocycles. The number of rotatable bonds is 6. The van der Waals surface area contributed by atoms with Gasteiger partial charge in [0.15, 0.2) is 0 Å². The van der Waals surface area contributed by atoms with Crippen LogP contribution >= 0.6 is 10.0 Å². The Hall–Kier alpha value is -0.430. The molecule has 0 saturated heterocycles. The molecule has 16 heavy (non-hydrogen) atoms. The van der Waals surface area contributed by atoms with Crippen LogP contribution in [0.3, 0.4) is 0 Å². The van der Waals surface area contributed by atoms with Crippen molar-refractivity contribution >= 4 is 10.0 Å². The van der Waals surface area contributed by atoms with E-state index in [0.717, 1.165) is 0 Å². The van der Waals surface area contributed by atoms with Crippen molar-refractivity contribution in [1.29, 1.82) is 0 Å². The molecule has 0 aliphatic rings. The van der Waals surface area contributed by atoms with E-state index in [0.29, 0.717) is 0 Å². The quantitative estimate of drug-likeness (QED) is 0.621. The molecule has 0 spiro atoms. The Labute approximate surface area is 103 Å². The lowest BCUT2D eigenvalue weighted by Gasteiger charge is -2.25. The van der Waals surface area contributed by atoms with E-state index < -0.39 is 10.0 Å². The fourth-order valence-corrected chi connectivity index (χ4v) is 2.77. The van der Waals surface area contributed by atoms with Gasteiger partial charge in [-0.15, -0.1) is 0 Å². The maximum atomic E-state index is 2.35. The van der Waals surface area contributed by atoms with Gasteiger partial charge in [0.25, 0.3) is 0 Å². The van der Waals surface area contributed by atoms with Crippen molar-refractivity contribution in [1.82, 2.24) is 0 Å². The highest BCUT2D eigenvalue weighted by atomic mass is 32.3. The van der Waals surface area contributed by atoms with Gasteiger partial charge >= 0.3 is 0 Å². The molecule has 1 rings (SSSR count). The Balaban J connectivity index is 2.46. The molecule has 0 N–H and O–H groups in total. The minimum atomic E-state index is -0.549. The first-order valence-corrected chi connectivity index (χ1v) is 9.17. The largest absolute Gasteiger partial charge is 0.223 e. The Kier molecular flexibility index (Phi) is 5.40. The second kappa shape index (κ2) is 6.34. The normalized spacial score (nSPS) is 12.8. The van der Waals surface area contributed by atoms with Gasteiger partial charge in [-0.1, -0.05) is 38.3 Å². The monoisotopic (exact) mass is 238 g/mol. The molecule has 0 aromatic heterocycles. The summed E-state index contributed by atoms with van der Waals surface area (Å²) in [5, 5.41) is 0. The first-order valence-electron chi connectivity index (χ1n) is 6.31. The molecule has 0 saturated carbocycles. The summed E-state index contributed by atoms with van der Waals surface area (Å²) in [6, 6.07) is 9.29. The van der Waals surface area contributed by atoms with Gasteiger partial charge in [0.05, 0.1) is 0 Å². The van der Waals surface area contributed by atoms with Gasteiger partial charge in [0.1, 0.15) is 0 Å². The van der Waals surface area contributed by atoms with E-state index in [1.54, 1.807) is 0 Å². The topological polar surface area (TPSA) is 0 Å². The number of hydrogen-bond donors (Lipinski definition) is 0. The second-order valence-corrected chi connectivity index (χ2v) is 9.44. The molecular weight excluding hydrogens is 212 g/mol. The summed E-state index contributed by atoms with van der Waals surface area (Å²) in [5.74, 6) is 0. The van der Waals surface area contributed by atoms with E-state index in [9.17, 15) is 0 Å². The van der Waals surface area contributed by atoms with E-state index in [4.69, 9.17) is 0 Å². The van der Waals surface area contributed by atoms with Crippen molar-refractivity contribution in [3.05, 3.63) is 29.8 Å². The summed E-state index contributed by atoms with van der Waals surface area (Å²) in [6.45, 7) is 2.26. The van der Waals surface area contributed by atoms with E-state index in [2.05, 4.69) is 50.0 Å². The lowest BCUT2D eigenvalue weighted by molar-refractivity contribution is 0.666. The van der Waals surface area contributed by atoms with Gasteiger partial charge in [-0.2, -0.15) is 0 Å². The molecule has 0 nitrogen and oxygen atoms in total. The van der Waals surface area contributed by atoms with Crippen LogP contribution in [0.15, 0.2) is 29.2 Å². The van der Waals surface area contributed by atoms with Crippen LogP contribution in [0, 0.1) is 0 Å². The van der Waals surface area contributed by atoms with Crippen molar-refractivity contribution in [3.8, 4) is 0 Å². The van der Waals surface area contributed by atoms with Crippen LogP contribution in [-0.2, 0) is 6.42 Å². The number of aryl methyl sites for hydroxylation is 1. The van der Waals surface area contributed by atoms with E-state index >= 15 is 0 Å². The molecule has 1 aromatic carbocycles.